The summed E-state index contributed by atoms with van der Waals surface area (Å²) in [6, 6.07) is 4.99. The summed E-state index contributed by atoms with van der Waals surface area (Å²) in [4.78, 5) is 26.8. The number of carbonyl (C=O) groups is 2. The zero-order chi connectivity index (χ0) is 22.4. The van der Waals surface area contributed by atoms with E-state index in [1.165, 1.54) is 7.11 Å². The van der Waals surface area contributed by atoms with Crippen molar-refractivity contribution in [2.75, 3.05) is 26.9 Å². The van der Waals surface area contributed by atoms with Gasteiger partial charge in [-0.2, -0.15) is 0 Å². The molecule has 1 saturated heterocycles. The third-order valence-corrected chi connectivity index (χ3v) is 5.34. The van der Waals surface area contributed by atoms with Crippen LogP contribution in [0, 0.1) is 0 Å². The molecule has 2 heterocycles. The molecule has 31 heavy (non-hydrogen) atoms. The number of esters is 1. The lowest BCUT2D eigenvalue weighted by Gasteiger charge is -2.40. The summed E-state index contributed by atoms with van der Waals surface area (Å²) >= 11 is 0. The Bertz CT molecular complexity index is 813. The molecule has 2 aliphatic heterocycles. The number of benzene rings is 1. The van der Waals surface area contributed by atoms with Crippen LogP contribution in [-0.2, 0) is 14.2 Å². The van der Waals surface area contributed by atoms with Gasteiger partial charge in [-0.1, -0.05) is 18.2 Å². The predicted molar refractivity (Wildman–Crippen MR) is 116 cm³/mol. The molecular weight excluding hydrogens is 398 g/mol. The van der Waals surface area contributed by atoms with Crippen molar-refractivity contribution in [3.05, 3.63) is 41.5 Å². The van der Waals surface area contributed by atoms with E-state index in [1.54, 1.807) is 17.0 Å². The number of amides is 1. The second kappa shape index (κ2) is 10.2. The normalized spacial score (nSPS) is 23.2. The number of fused-ring (bicyclic) bond motifs is 4. The molecule has 0 N–H and O–H groups in total. The smallest absolute Gasteiger partial charge is 0.410 e. The fourth-order valence-electron chi connectivity index (χ4n) is 3.86. The second-order valence-corrected chi connectivity index (χ2v) is 8.88. The first-order valence-corrected chi connectivity index (χ1v) is 10.9. The van der Waals surface area contributed by atoms with Gasteiger partial charge in [-0.25, -0.2) is 9.59 Å². The zero-order valence-electron chi connectivity index (χ0n) is 18.9. The minimum absolute atomic E-state index is 0.0159. The standard InChI is InChI=1S/C24H33NO6/c1-24(2,3)31-23(27)25-12-11-18-16-20(25)19-10-9-17(22(26)28-4)15-21(19)30-14-8-6-5-7-13-29-18/h5,7,9-10,15,18,20H,6,8,11-14,16H2,1-4H3/b7-5-/t18?,20-/m0/s1. The molecule has 2 aliphatic rings. The van der Waals surface area contributed by atoms with Crippen LogP contribution in [0.5, 0.6) is 5.75 Å². The molecule has 1 aromatic rings. The van der Waals surface area contributed by atoms with E-state index in [0.717, 1.165) is 24.8 Å². The fourth-order valence-corrected chi connectivity index (χ4v) is 3.86. The summed E-state index contributed by atoms with van der Waals surface area (Å²) in [5.41, 5.74) is 0.670. The van der Waals surface area contributed by atoms with Crippen LogP contribution < -0.4 is 4.74 Å². The Labute approximate surface area is 184 Å². The van der Waals surface area contributed by atoms with E-state index in [2.05, 4.69) is 6.08 Å². The zero-order valence-corrected chi connectivity index (χ0v) is 18.9. The summed E-state index contributed by atoms with van der Waals surface area (Å²) in [6.45, 7) is 7.16. The van der Waals surface area contributed by atoms with Gasteiger partial charge in [0.05, 0.1) is 38.0 Å². The van der Waals surface area contributed by atoms with Crippen LogP contribution in [0.4, 0.5) is 4.79 Å². The molecular formula is C24H33NO6. The lowest BCUT2D eigenvalue weighted by molar-refractivity contribution is -0.0257. The Balaban J connectivity index is 1.98. The minimum Gasteiger partial charge on any atom is -0.493 e. The van der Waals surface area contributed by atoms with Crippen molar-refractivity contribution in [1.29, 1.82) is 0 Å². The number of piperidine rings is 1. The number of ether oxygens (including phenoxy) is 4. The van der Waals surface area contributed by atoms with E-state index >= 15 is 0 Å². The van der Waals surface area contributed by atoms with Crippen molar-refractivity contribution in [3.63, 3.8) is 0 Å². The number of hydrogen-bond acceptors (Lipinski definition) is 6. The highest BCUT2D eigenvalue weighted by molar-refractivity contribution is 5.90. The van der Waals surface area contributed by atoms with Gasteiger partial charge in [-0.3, -0.25) is 0 Å². The molecule has 170 valence electrons. The number of rotatable bonds is 1. The molecule has 2 atom stereocenters. The van der Waals surface area contributed by atoms with Crippen LogP contribution in [0.3, 0.4) is 0 Å². The molecule has 1 aromatic carbocycles. The average molecular weight is 432 g/mol. The molecule has 7 nitrogen and oxygen atoms in total. The van der Waals surface area contributed by atoms with Gasteiger partial charge in [0.15, 0.2) is 0 Å². The predicted octanol–water partition coefficient (Wildman–Crippen LogP) is 4.66. The van der Waals surface area contributed by atoms with Crippen LogP contribution >= 0.6 is 0 Å². The highest BCUT2D eigenvalue weighted by Gasteiger charge is 2.37. The number of allylic oxidation sites excluding steroid dienone is 1. The molecule has 1 fully saturated rings. The molecule has 0 spiro atoms. The van der Waals surface area contributed by atoms with Crippen LogP contribution in [-0.4, -0.2) is 55.5 Å². The van der Waals surface area contributed by atoms with Crippen LogP contribution in [0.1, 0.15) is 68.4 Å². The third kappa shape index (κ3) is 6.23. The maximum absolute atomic E-state index is 13.0. The van der Waals surface area contributed by atoms with Crippen LogP contribution in [0.15, 0.2) is 30.4 Å². The second-order valence-electron chi connectivity index (χ2n) is 8.88. The molecule has 7 heteroatoms. The summed E-state index contributed by atoms with van der Waals surface area (Å²) < 4.78 is 22.7. The largest absolute Gasteiger partial charge is 0.493 e. The van der Waals surface area contributed by atoms with Crippen molar-refractivity contribution in [2.45, 2.75) is 64.2 Å². The van der Waals surface area contributed by atoms with Gasteiger partial charge in [0.1, 0.15) is 11.4 Å². The summed E-state index contributed by atoms with van der Waals surface area (Å²) in [5.74, 6) is 0.163. The van der Waals surface area contributed by atoms with Crippen molar-refractivity contribution >= 4 is 12.1 Å². The fraction of sp³-hybridized carbons (Fsp3) is 0.583. The van der Waals surface area contributed by atoms with Crippen LogP contribution in [0.2, 0.25) is 0 Å². The highest BCUT2D eigenvalue weighted by atomic mass is 16.6. The first kappa shape index (κ1) is 23.1. The van der Waals surface area contributed by atoms with E-state index in [0.29, 0.717) is 37.5 Å². The number of hydrogen-bond donors (Lipinski definition) is 0. The lowest BCUT2D eigenvalue weighted by Crippen LogP contribution is -2.45. The Morgan fingerprint density at radius 2 is 2.00 bits per heavy atom. The minimum atomic E-state index is -0.591. The van der Waals surface area contributed by atoms with Crippen molar-refractivity contribution in [2.24, 2.45) is 0 Å². The third-order valence-electron chi connectivity index (χ3n) is 5.34. The molecule has 1 unspecified atom stereocenters. The van der Waals surface area contributed by atoms with Gasteiger partial charge in [0, 0.05) is 12.1 Å². The van der Waals surface area contributed by atoms with Gasteiger partial charge in [0.2, 0.25) is 0 Å². The van der Waals surface area contributed by atoms with E-state index < -0.39 is 11.6 Å². The molecule has 0 aromatic heterocycles. The van der Waals surface area contributed by atoms with Crippen molar-refractivity contribution in [3.8, 4) is 5.75 Å². The number of methoxy groups -OCH3 is 1. The first-order chi connectivity index (χ1) is 14.8. The van der Waals surface area contributed by atoms with E-state index in [4.69, 9.17) is 18.9 Å². The van der Waals surface area contributed by atoms with Crippen LogP contribution in [0.25, 0.3) is 0 Å². The Hall–Kier alpha value is -2.54. The van der Waals surface area contributed by atoms with E-state index in [9.17, 15) is 9.59 Å². The number of nitrogens with zero attached hydrogens (tertiary/aromatic N) is 1. The van der Waals surface area contributed by atoms with Gasteiger partial charge in [0.25, 0.3) is 0 Å². The van der Waals surface area contributed by atoms with Gasteiger partial charge in [-0.15, -0.1) is 0 Å². The molecule has 0 saturated carbocycles. The van der Waals surface area contributed by atoms with E-state index in [1.807, 2.05) is 32.9 Å². The molecule has 0 radical (unpaired) electrons. The Morgan fingerprint density at radius 1 is 1.19 bits per heavy atom. The summed E-state index contributed by atoms with van der Waals surface area (Å²) in [5, 5.41) is 0. The SMILES string of the molecule is COC(=O)c1ccc2c(c1)OCCC/C=C\COC1CCN(C(=O)OC(C)(C)C)[C@H]2C1. The molecule has 1 amide bonds. The van der Waals surface area contributed by atoms with Crippen molar-refractivity contribution in [1.82, 2.24) is 4.90 Å². The van der Waals surface area contributed by atoms with E-state index in [-0.39, 0.29) is 18.2 Å². The molecule has 3 rings (SSSR count). The average Bonchev–Trinajstić information content (AvgIpc) is 2.74. The van der Waals surface area contributed by atoms with Gasteiger partial charge in [-0.05, 0) is 58.6 Å². The van der Waals surface area contributed by atoms with Crippen molar-refractivity contribution < 1.29 is 28.5 Å². The molecule has 2 bridgehead atoms. The number of likely N-dealkylation sites (tertiary alicyclic amines) is 1. The maximum atomic E-state index is 13.0. The first-order valence-electron chi connectivity index (χ1n) is 10.9. The summed E-state index contributed by atoms with van der Waals surface area (Å²) in [6.07, 6.45) is 6.87. The summed E-state index contributed by atoms with van der Waals surface area (Å²) in [7, 11) is 1.35. The maximum Gasteiger partial charge on any atom is 0.410 e. The Kier molecular flexibility index (Phi) is 7.59. The monoisotopic (exact) mass is 431 g/mol. The Morgan fingerprint density at radius 3 is 2.74 bits per heavy atom. The quantitative estimate of drug-likeness (QED) is 0.476. The van der Waals surface area contributed by atoms with Gasteiger partial charge >= 0.3 is 12.1 Å². The molecule has 0 aliphatic carbocycles. The number of carbonyl (C=O) groups excluding carboxylic acids is 2. The topological polar surface area (TPSA) is 74.3 Å². The van der Waals surface area contributed by atoms with Gasteiger partial charge < -0.3 is 23.8 Å². The lowest BCUT2D eigenvalue weighted by atomic mass is 9.92. The highest BCUT2D eigenvalue weighted by Crippen LogP contribution is 2.39.